The van der Waals surface area contributed by atoms with E-state index in [9.17, 15) is 0 Å². The summed E-state index contributed by atoms with van der Waals surface area (Å²) in [4.78, 5) is 4.07. The minimum Gasteiger partial charge on any atom is -0.496 e. The molecule has 0 saturated heterocycles. The second kappa shape index (κ2) is 6.40. The Labute approximate surface area is 131 Å². The van der Waals surface area contributed by atoms with Crippen molar-refractivity contribution in [3.63, 3.8) is 0 Å². The summed E-state index contributed by atoms with van der Waals surface area (Å²) in [6, 6.07) is 4.55. The van der Waals surface area contributed by atoms with E-state index in [4.69, 9.17) is 9.47 Å². The third-order valence-corrected chi connectivity index (χ3v) is 3.98. The number of fused-ring (bicyclic) bond motifs is 1. The zero-order valence-corrected chi connectivity index (χ0v) is 13.4. The van der Waals surface area contributed by atoms with Gasteiger partial charge in [0.2, 0.25) is 0 Å². The predicted molar refractivity (Wildman–Crippen MR) is 85.3 cm³/mol. The zero-order valence-electron chi connectivity index (χ0n) is 13.4. The predicted octanol–water partition coefficient (Wildman–Crippen LogP) is 2.39. The average molecular weight is 301 g/mol. The fourth-order valence-electron chi connectivity index (χ4n) is 2.87. The van der Waals surface area contributed by atoms with Crippen molar-refractivity contribution in [2.45, 2.75) is 45.5 Å². The van der Waals surface area contributed by atoms with E-state index in [1.54, 1.807) is 13.3 Å². The molecule has 2 unspecified atom stereocenters. The molecule has 0 amide bonds. The van der Waals surface area contributed by atoms with Crippen LogP contribution in [0.25, 0.3) is 0 Å². The van der Waals surface area contributed by atoms with E-state index >= 15 is 0 Å². The molecule has 1 aliphatic heterocycles. The Morgan fingerprint density at radius 1 is 1.50 bits per heavy atom. The molecule has 2 atom stereocenters. The molecule has 5 nitrogen and oxygen atoms in total. The average Bonchev–Trinajstić information content (AvgIpc) is 3.11. The van der Waals surface area contributed by atoms with Crippen LogP contribution in [0.15, 0.2) is 30.9 Å². The largest absolute Gasteiger partial charge is 0.496 e. The Kier molecular flexibility index (Phi) is 4.34. The second-order valence-electron chi connectivity index (χ2n) is 5.95. The van der Waals surface area contributed by atoms with Crippen molar-refractivity contribution in [3.8, 4) is 11.5 Å². The molecule has 1 aromatic heterocycles. The molecule has 0 fully saturated rings. The molecule has 1 aliphatic rings. The fraction of sp³-hybridized carbons (Fsp3) is 0.471. The number of rotatable bonds is 6. The summed E-state index contributed by atoms with van der Waals surface area (Å²) >= 11 is 0. The van der Waals surface area contributed by atoms with Crippen LogP contribution in [0.4, 0.5) is 0 Å². The maximum Gasteiger partial charge on any atom is 0.123 e. The second-order valence-corrected chi connectivity index (χ2v) is 5.95. The number of aromatic nitrogens is 2. The van der Waals surface area contributed by atoms with Crippen LogP contribution in [0.5, 0.6) is 11.5 Å². The smallest absolute Gasteiger partial charge is 0.123 e. The molecule has 2 heterocycles. The molecule has 0 saturated carbocycles. The fourth-order valence-corrected chi connectivity index (χ4v) is 2.87. The summed E-state index contributed by atoms with van der Waals surface area (Å²) in [7, 11) is 1.72. The maximum absolute atomic E-state index is 5.84. The van der Waals surface area contributed by atoms with Crippen molar-refractivity contribution < 1.29 is 9.47 Å². The van der Waals surface area contributed by atoms with Crippen LogP contribution in [0.2, 0.25) is 0 Å². The lowest BCUT2D eigenvalue weighted by molar-refractivity contribution is 0.254. The van der Waals surface area contributed by atoms with Gasteiger partial charge >= 0.3 is 0 Å². The van der Waals surface area contributed by atoms with Crippen LogP contribution in [-0.4, -0.2) is 28.8 Å². The van der Waals surface area contributed by atoms with Gasteiger partial charge in [-0.25, -0.2) is 4.98 Å². The van der Waals surface area contributed by atoms with Gasteiger partial charge in [-0.3, -0.25) is 0 Å². The van der Waals surface area contributed by atoms with Crippen LogP contribution < -0.4 is 14.8 Å². The van der Waals surface area contributed by atoms with Crippen molar-refractivity contribution >= 4 is 0 Å². The van der Waals surface area contributed by atoms with Crippen molar-refractivity contribution in [3.05, 3.63) is 42.0 Å². The van der Waals surface area contributed by atoms with E-state index in [2.05, 4.69) is 40.8 Å². The highest BCUT2D eigenvalue weighted by atomic mass is 16.5. The van der Waals surface area contributed by atoms with E-state index in [0.29, 0.717) is 6.04 Å². The lowest BCUT2D eigenvalue weighted by Gasteiger charge is -2.16. The van der Waals surface area contributed by atoms with E-state index in [0.717, 1.165) is 36.6 Å². The highest BCUT2D eigenvalue weighted by Gasteiger charge is 2.21. The molecule has 0 radical (unpaired) electrons. The monoisotopic (exact) mass is 301 g/mol. The summed E-state index contributed by atoms with van der Waals surface area (Å²) in [5.41, 5.74) is 2.37. The Morgan fingerprint density at radius 2 is 2.36 bits per heavy atom. The van der Waals surface area contributed by atoms with Crippen LogP contribution in [0, 0.1) is 0 Å². The first-order valence-corrected chi connectivity index (χ1v) is 7.71. The van der Waals surface area contributed by atoms with Crippen molar-refractivity contribution in [1.29, 1.82) is 0 Å². The standard InChI is InChI=1S/C17H23N3O2/c1-12(10-20-5-4-18-11-20)19-9-15-8-17-14(6-13(2)22-17)7-16(15)21-3/h4-5,7-8,11-13,19H,6,9-10H2,1-3H3. The Hall–Kier alpha value is -2.01. The van der Waals surface area contributed by atoms with Gasteiger partial charge < -0.3 is 19.4 Å². The lowest BCUT2D eigenvalue weighted by atomic mass is 10.1. The number of hydrogen-bond donors (Lipinski definition) is 1. The molecule has 22 heavy (non-hydrogen) atoms. The summed E-state index contributed by atoms with van der Waals surface area (Å²) in [6.45, 7) is 5.90. The van der Waals surface area contributed by atoms with Crippen molar-refractivity contribution in [2.75, 3.05) is 7.11 Å². The quantitative estimate of drug-likeness (QED) is 0.890. The van der Waals surface area contributed by atoms with Crippen LogP contribution >= 0.6 is 0 Å². The molecule has 0 bridgehead atoms. The van der Waals surface area contributed by atoms with Crippen LogP contribution in [0.1, 0.15) is 25.0 Å². The third kappa shape index (κ3) is 3.25. The molecule has 118 valence electrons. The van der Waals surface area contributed by atoms with Gasteiger partial charge in [0, 0.05) is 49.1 Å². The first kappa shape index (κ1) is 14.9. The minimum absolute atomic E-state index is 0.253. The van der Waals surface area contributed by atoms with Gasteiger partial charge in [-0.2, -0.15) is 0 Å². The van der Waals surface area contributed by atoms with Gasteiger partial charge in [-0.05, 0) is 26.0 Å². The first-order chi connectivity index (χ1) is 10.7. The Balaban J connectivity index is 1.66. The van der Waals surface area contributed by atoms with E-state index in [1.807, 2.05) is 12.5 Å². The van der Waals surface area contributed by atoms with Gasteiger partial charge in [0.15, 0.2) is 0 Å². The lowest BCUT2D eigenvalue weighted by Crippen LogP contribution is -2.29. The van der Waals surface area contributed by atoms with Gasteiger partial charge in [-0.1, -0.05) is 0 Å². The molecule has 0 spiro atoms. The molecule has 1 N–H and O–H groups in total. The van der Waals surface area contributed by atoms with E-state index < -0.39 is 0 Å². The highest BCUT2D eigenvalue weighted by Crippen LogP contribution is 2.34. The highest BCUT2D eigenvalue weighted by molar-refractivity contribution is 5.48. The summed E-state index contributed by atoms with van der Waals surface area (Å²) in [6.07, 6.45) is 6.82. The Bertz CT molecular complexity index is 625. The molecule has 0 aliphatic carbocycles. The summed E-state index contributed by atoms with van der Waals surface area (Å²) in [5.74, 6) is 1.92. The van der Waals surface area contributed by atoms with E-state index in [1.165, 1.54) is 5.56 Å². The zero-order chi connectivity index (χ0) is 15.5. The topological polar surface area (TPSA) is 48.3 Å². The SMILES string of the molecule is COc1cc2c(cc1CNC(C)Cn1ccnc1)OC(C)C2. The molecule has 2 aromatic rings. The van der Waals surface area contributed by atoms with Gasteiger partial charge in [0.1, 0.15) is 17.6 Å². The van der Waals surface area contributed by atoms with Crippen LogP contribution in [0.3, 0.4) is 0 Å². The number of ether oxygens (including phenoxy) is 2. The Morgan fingerprint density at radius 3 is 3.09 bits per heavy atom. The molecular formula is C17H23N3O2. The molecule has 1 aromatic carbocycles. The van der Waals surface area contributed by atoms with Crippen molar-refractivity contribution in [2.24, 2.45) is 0 Å². The minimum atomic E-state index is 0.253. The normalized spacial score (nSPS) is 17.9. The molecule has 5 heteroatoms. The third-order valence-electron chi connectivity index (χ3n) is 3.98. The molecular weight excluding hydrogens is 278 g/mol. The maximum atomic E-state index is 5.84. The van der Waals surface area contributed by atoms with E-state index in [-0.39, 0.29) is 6.10 Å². The van der Waals surface area contributed by atoms with Crippen LogP contribution in [-0.2, 0) is 19.5 Å². The number of hydrogen-bond acceptors (Lipinski definition) is 4. The number of nitrogens with zero attached hydrogens (tertiary/aromatic N) is 2. The summed E-state index contributed by atoms with van der Waals surface area (Å²) in [5, 5.41) is 3.53. The van der Waals surface area contributed by atoms with Crippen molar-refractivity contribution in [1.82, 2.24) is 14.9 Å². The number of imidazole rings is 1. The number of benzene rings is 1. The van der Waals surface area contributed by atoms with Gasteiger partial charge in [0.25, 0.3) is 0 Å². The number of methoxy groups -OCH3 is 1. The molecule has 3 rings (SSSR count). The number of nitrogens with one attached hydrogen (secondary N) is 1. The van der Waals surface area contributed by atoms with Gasteiger partial charge in [-0.15, -0.1) is 0 Å². The first-order valence-electron chi connectivity index (χ1n) is 7.71. The van der Waals surface area contributed by atoms with Gasteiger partial charge in [0.05, 0.1) is 13.4 Å². The summed E-state index contributed by atoms with van der Waals surface area (Å²) < 4.78 is 13.4.